The third kappa shape index (κ3) is 5.33. The molecule has 0 fully saturated rings. The zero-order valence-electron chi connectivity index (χ0n) is 9.86. The SMILES string of the molecule is CCCCO[C@H](Cc1cccc(Br)c1)C(=O)O. The minimum Gasteiger partial charge on any atom is -0.479 e. The second-order valence-corrected chi connectivity index (χ2v) is 4.80. The Kier molecular flexibility index (Phi) is 6.22. The van der Waals surface area contributed by atoms with Crippen LogP contribution in [-0.4, -0.2) is 23.8 Å². The van der Waals surface area contributed by atoms with Crippen LogP contribution in [-0.2, 0) is 16.0 Å². The minimum atomic E-state index is -0.902. The third-order valence-electron chi connectivity index (χ3n) is 2.40. The van der Waals surface area contributed by atoms with Crippen molar-refractivity contribution in [2.75, 3.05) is 6.61 Å². The van der Waals surface area contributed by atoms with Crippen LogP contribution >= 0.6 is 15.9 Å². The van der Waals surface area contributed by atoms with Gasteiger partial charge in [0.25, 0.3) is 0 Å². The largest absolute Gasteiger partial charge is 0.479 e. The molecule has 0 unspecified atom stereocenters. The molecule has 1 N–H and O–H groups in total. The molecule has 0 aliphatic heterocycles. The van der Waals surface area contributed by atoms with Crippen molar-refractivity contribution in [1.82, 2.24) is 0 Å². The van der Waals surface area contributed by atoms with E-state index in [9.17, 15) is 4.79 Å². The summed E-state index contributed by atoms with van der Waals surface area (Å²) in [6.45, 7) is 2.55. The van der Waals surface area contributed by atoms with Crippen LogP contribution in [0.4, 0.5) is 0 Å². The normalized spacial score (nSPS) is 12.4. The summed E-state index contributed by atoms with van der Waals surface area (Å²) < 4.78 is 6.32. The highest BCUT2D eigenvalue weighted by Crippen LogP contribution is 2.14. The second-order valence-electron chi connectivity index (χ2n) is 3.89. The van der Waals surface area contributed by atoms with Gasteiger partial charge in [0.1, 0.15) is 0 Å². The number of carbonyl (C=O) groups is 1. The molecule has 1 aromatic rings. The number of unbranched alkanes of at least 4 members (excludes halogenated alkanes) is 1. The molecule has 0 radical (unpaired) electrons. The van der Waals surface area contributed by atoms with Crippen LogP contribution in [0.5, 0.6) is 0 Å². The van der Waals surface area contributed by atoms with E-state index in [0.717, 1.165) is 22.9 Å². The van der Waals surface area contributed by atoms with Gasteiger partial charge in [0, 0.05) is 17.5 Å². The summed E-state index contributed by atoms with van der Waals surface area (Å²) in [6.07, 6.45) is 1.54. The van der Waals surface area contributed by atoms with E-state index in [0.29, 0.717) is 13.0 Å². The summed E-state index contributed by atoms with van der Waals surface area (Å²) in [5.74, 6) is -0.902. The molecule has 0 bridgehead atoms. The topological polar surface area (TPSA) is 46.5 Å². The van der Waals surface area contributed by atoms with Crippen LogP contribution in [0.1, 0.15) is 25.3 Å². The molecule has 0 heterocycles. The second kappa shape index (κ2) is 7.45. The van der Waals surface area contributed by atoms with Crippen LogP contribution in [0.3, 0.4) is 0 Å². The molecule has 0 saturated carbocycles. The van der Waals surface area contributed by atoms with Crippen LogP contribution in [0, 0.1) is 0 Å². The number of carboxylic acids is 1. The summed E-state index contributed by atoms with van der Waals surface area (Å²) in [6, 6.07) is 7.63. The van der Waals surface area contributed by atoms with Gasteiger partial charge in [-0.2, -0.15) is 0 Å². The van der Waals surface area contributed by atoms with E-state index < -0.39 is 12.1 Å². The minimum absolute atomic E-state index is 0.401. The van der Waals surface area contributed by atoms with Gasteiger partial charge in [0.05, 0.1) is 0 Å². The fourth-order valence-corrected chi connectivity index (χ4v) is 1.91. The molecule has 1 atom stereocenters. The number of hydrogen-bond acceptors (Lipinski definition) is 2. The molecule has 0 saturated heterocycles. The monoisotopic (exact) mass is 300 g/mol. The van der Waals surface area contributed by atoms with Gasteiger partial charge in [-0.15, -0.1) is 0 Å². The molecule has 0 aromatic heterocycles. The number of halogens is 1. The van der Waals surface area contributed by atoms with Crippen molar-refractivity contribution in [2.24, 2.45) is 0 Å². The molecule has 0 amide bonds. The molecular formula is C13H17BrO3. The van der Waals surface area contributed by atoms with Gasteiger partial charge in [-0.05, 0) is 24.1 Å². The molecule has 0 aliphatic carbocycles. The standard InChI is InChI=1S/C13H17BrO3/c1-2-3-7-17-12(13(15)16)9-10-5-4-6-11(14)8-10/h4-6,8,12H,2-3,7,9H2,1H3,(H,15,16)/t12-/m1/s1. The van der Waals surface area contributed by atoms with Crippen molar-refractivity contribution in [1.29, 1.82) is 0 Å². The van der Waals surface area contributed by atoms with Crippen molar-refractivity contribution in [2.45, 2.75) is 32.3 Å². The van der Waals surface area contributed by atoms with Gasteiger partial charge in [0.2, 0.25) is 0 Å². The van der Waals surface area contributed by atoms with Gasteiger partial charge in [-0.3, -0.25) is 0 Å². The number of hydrogen-bond donors (Lipinski definition) is 1. The third-order valence-corrected chi connectivity index (χ3v) is 2.90. The van der Waals surface area contributed by atoms with Crippen LogP contribution in [0.15, 0.2) is 28.7 Å². The maximum atomic E-state index is 11.0. The lowest BCUT2D eigenvalue weighted by molar-refractivity contribution is -0.150. The first-order chi connectivity index (χ1) is 8.13. The fourth-order valence-electron chi connectivity index (χ4n) is 1.47. The first-order valence-corrected chi connectivity index (χ1v) is 6.51. The lowest BCUT2D eigenvalue weighted by atomic mass is 10.1. The van der Waals surface area contributed by atoms with Crippen LogP contribution in [0.25, 0.3) is 0 Å². The molecule has 4 heteroatoms. The lowest BCUT2D eigenvalue weighted by Crippen LogP contribution is -2.26. The van der Waals surface area contributed by atoms with E-state index >= 15 is 0 Å². The lowest BCUT2D eigenvalue weighted by Gasteiger charge is -2.13. The summed E-state index contributed by atoms with van der Waals surface area (Å²) in [5, 5.41) is 9.07. The highest BCUT2D eigenvalue weighted by Gasteiger charge is 2.18. The zero-order chi connectivity index (χ0) is 12.7. The van der Waals surface area contributed by atoms with Crippen molar-refractivity contribution in [3.05, 3.63) is 34.3 Å². The zero-order valence-corrected chi connectivity index (χ0v) is 11.4. The van der Waals surface area contributed by atoms with Crippen molar-refractivity contribution >= 4 is 21.9 Å². The average Bonchev–Trinajstić information content (AvgIpc) is 2.28. The Labute approximate surface area is 110 Å². The van der Waals surface area contributed by atoms with Crippen molar-refractivity contribution < 1.29 is 14.6 Å². The maximum Gasteiger partial charge on any atom is 0.333 e. The number of carboxylic acid groups (broad SMARTS) is 1. The Morgan fingerprint density at radius 1 is 1.53 bits per heavy atom. The number of rotatable bonds is 7. The summed E-state index contributed by atoms with van der Waals surface area (Å²) in [7, 11) is 0. The van der Waals surface area contributed by atoms with E-state index in [1.165, 1.54) is 0 Å². The van der Waals surface area contributed by atoms with Gasteiger partial charge < -0.3 is 9.84 Å². The van der Waals surface area contributed by atoms with E-state index in [1.54, 1.807) is 0 Å². The smallest absolute Gasteiger partial charge is 0.333 e. The summed E-state index contributed by atoms with van der Waals surface area (Å²) in [5.41, 5.74) is 0.961. The summed E-state index contributed by atoms with van der Waals surface area (Å²) in [4.78, 5) is 11.0. The van der Waals surface area contributed by atoms with Gasteiger partial charge in [-0.25, -0.2) is 4.79 Å². The highest BCUT2D eigenvalue weighted by atomic mass is 79.9. The Morgan fingerprint density at radius 3 is 2.88 bits per heavy atom. The average molecular weight is 301 g/mol. The Balaban J connectivity index is 2.57. The number of ether oxygens (including phenoxy) is 1. The van der Waals surface area contributed by atoms with Crippen LogP contribution in [0.2, 0.25) is 0 Å². The van der Waals surface area contributed by atoms with E-state index in [4.69, 9.17) is 9.84 Å². The fraction of sp³-hybridized carbons (Fsp3) is 0.462. The quantitative estimate of drug-likeness (QED) is 0.786. The number of benzene rings is 1. The van der Waals surface area contributed by atoms with E-state index in [-0.39, 0.29) is 0 Å². The van der Waals surface area contributed by atoms with Crippen molar-refractivity contribution in [3.63, 3.8) is 0 Å². The molecule has 17 heavy (non-hydrogen) atoms. The predicted molar refractivity (Wildman–Crippen MR) is 70.1 cm³/mol. The molecule has 94 valence electrons. The maximum absolute atomic E-state index is 11.0. The Hall–Kier alpha value is -0.870. The first-order valence-electron chi connectivity index (χ1n) is 5.72. The number of aliphatic carboxylic acids is 1. The molecule has 0 aliphatic rings. The van der Waals surface area contributed by atoms with Crippen LogP contribution < -0.4 is 0 Å². The predicted octanol–water partition coefficient (Wildman–Crippen LogP) is 3.26. The molecule has 3 nitrogen and oxygen atoms in total. The molecular weight excluding hydrogens is 284 g/mol. The van der Waals surface area contributed by atoms with Gasteiger partial charge in [0.15, 0.2) is 6.10 Å². The first kappa shape index (κ1) is 14.2. The van der Waals surface area contributed by atoms with E-state index in [2.05, 4.69) is 15.9 Å². The summed E-state index contributed by atoms with van der Waals surface area (Å²) >= 11 is 3.36. The molecule has 0 spiro atoms. The highest BCUT2D eigenvalue weighted by molar-refractivity contribution is 9.10. The Morgan fingerprint density at radius 2 is 2.29 bits per heavy atom. The van der Waals surface area contributed by atoms with E-state index in [1.807, 2.05) is 31.2 Å². The van der Waals surface area contributed by atoms with Gasteiger partial charge in [-0.1, -0.05) is 41.4 Å². The van der Waals surface area contributed by atoms with Crippen molar-refractivity contribution in [3.8, 4) is 0 Å². The van der Waals surface area contributed by atoms with Gasteiger partial charge >= 0.3 is 5.97 Å². The molecule has 1 aromatic carbocycles. The Bertz CT molecular complexity index is 365. The molecule has 1 rings (SSSR count).